The highest BCUT2D eigenvalue weighted by Gasteiger charge is 2.16. The lowest BCUT2D eigenvalue weighted by Gasteiger charge is -2.12. The zero-order valence-electron chi connectivity index (χ0n) is 13.7. The first-order chi connectivity index (χ1) is 11.9. The first-order valence-electron chi connectivity index (χ1n) is 7.66. The van der Waals surface area contributed by atoms with Crippen molar-refractivity contribution < 1.29 is 17.6 Å². The van der Waals surface area contributed by atoms with Gasteiger partial charge in [-0.1, -0.05) is 12.1 Å². The van der Waals surface area contributed by atoms with Crippen molar-refractivity contribution >= 4 is 38.4 Å². The van der Waals surface area contributed by atoms with E-state index in [1.165, 1.54) is 6.92 Å². The lowest BCUT2D eigenvalue weighted by Crippen LogP contribution is -2.19. The maximum Gasteiger partial charge on any atom is 0.257 e. The first-order valence-corrected chi connectivity index (χ1v) is 9.31. The van der Waals surface area contributed by atoms with Crippen LogP contribution in [0.5, 0.6) is 0 Å². The van der Waals surface area contributed by atoms with Crippen molar-refractivity contribution in [1.29, 1.82) is 0 Å². The number of nitrogens with zero attached hydrogens (tertiary/aromatic N) is 1. The van der Waals surface area contributed by atoms with Crippen LogP contribution in [0, 0.1) is 6.92 Å². The number of hydrogen-bond acceptors (Lipinski definition) is 5. The van der Waals surface area contributed by atoms with Gasteiger partial charge in [0.05, 0.1) is 17.0 Å². The second-order valence-electron chi connectivity index (χ2n) is 5.42. The van der Waals surface area contributed by atoms with Gasteiger partial charge in [0.15, 0.2) is 11.5 Å². The van der Waals surface area contributed by atoms with Crippen molar-refractivity contribution in [2.75, 3.05) is 15.8 Å². The Labute approximate surface area is 145 Å². The van der Waals surface area contributed by atoms with E-state index in [9.17, 15) is 13.2 Å². The van der Waals surface area contributed by atoms with E-state index < -0.39 is 15.9 Å². The number of hydrogen-bond donors (Lipinski definition) is 2. The minimum absolute atomic E-state index is 0.0789. The van der Waals surface area contributed by atoms with Gasteiger partial charge in [0.2, 0.25) is 10.0 Å². The van der Waals surface area contributed by atoms with Crippen molar-refractivity contribution in [1.82, 2.24) is 4.98 Å². The highest BCUT2D eigenvalue weighted by Crippen LogP contribution is 2.22. The third kappa shape index (κ3) is 3.80. The second-order valence-corrected chi connectivity index (χ2v) is 7.43. The number of para-hydroxylation sites is 1. The molecule has 2 N–H and O–H groups in total. The number of benzene rings is 2. The van der Waals surface area contributed by atoms with E-state index >= 15 is 0 Å². The second kappa shape index (κ2) is 6.56. The average Bonchev–Trinajstić information content (AvgIpc) is 2.94. The quantitative estimate of drug-likeness (QED) is 0.729. The number of carbonyl (C=O) groups excluding carboxylic acids is 1. The number of aromatic nitrogens is 1. The summed E-state index contributed by atoms with van der Waals surface area (Å²) in [5, 5.41) is 2.74. The van der Waals surface area contributed by atoms with E-state index in [1.807, 2.05) is 0 Å². The molecule has 0 aliphatic heterocycles. The van der Waals surface area contributed by atoms with Gasteiger partial charge in [-0.05, 0) is 31.2 Å². The van der Waals surface area contributed by atoms with E-state index in [1.54, 1.807) is 49.4 Å². The molecule has 3 rings (SSSR count). The average molecular weight is 359 g/mol. The van der Waals surface area contributed by atoms with Gasteiger partial charge < -0.3 is 9.73 Å². The molecular weight excluding hydrogens is 342 g/mol. The molecule has 0 radical (unpaired) electrons. The van der Waals surface area contributed by atoms with Crippen LogP contribution in [0.15, 0.2) is 46.9 Å². The number of amides is 1. The summed E-state index contributed by atoms with van der Waals surface area (Å²) in [6.07, 6.45) is 0. The summed E-state index contributed by atoms with van der Waals surface area (Å²) >= 11 is 0. The van der Waals surface area contributed by atoms with Gasteiger partial charge in [0.25, 0.3) is 5.91 Å². The van der Waals surface area contributed by atoms with Gasteiger partial charge in [-0.2, -0.15) is 0 Å². The molecule has 0 saturated heterocycles. The third-order valence-corrected chi connectivity index (χ3v) is 4.86. The molecule has 25 heavy (non-hydrogen) atoms. The van der Waals surface area contributed by atoms with Crippen LogP contribution in [-0.2, 0) is 10.0 Å². The van der Waals surface area contributed by atoms with Crippen molar-refractivity contribution in [2.24, 2.45) is 0 Å². The number of aryl methyl sites for hydroxylation is 1. The van der Waals surface area contributed by atoms with Gasteiger partial charge in [0.1, 0.15) is 5.52 Å². The number of fused-ring (bicyclic) bond motifs is 1. The number of rotatable bonds is 5. The maximum atomic E-state index is 12.6. The van der Waals surface area contributed by atoms with Crippen LogP contribution in [0.2, 0.25) is 0 Å². The zero-order chi connectivity index (χ0) is 18.0. The predicted molar refractivity (Wildman–Crippen MR) is 96.2 cm³/mol. The van der Waals surface area contributed by atoms with E-state index in [0.717, 1.165) is 0 Å². The molecule has 7 nitrogen and oxygen atoms in total. The summed E-state index contributed by atoms with van der Waals surface area (Å²) in [4.78, 5) is 16.8. The fourth-order valence-corrected chi connectivity index (χ4v) is 2.98. The lowest BCUT2D eigenvalue weighted by atomic mass is 10.1. The Balaban J connectivity index is 1.87. The summed E-state index contributed by atoms with van der Waals surface area (Å²) in [6, 6.07) is 11.6. The summed E-state index contributed by atoms with van der Waals surface area (Å²) < 4.78 is 31.4. The summed E-state index contributed by atoms with van der Waals surface area (Å²) in [5.41, 5.74) is 2.26. The van der Waals surface area contributed by atoms with Crippen LogP contribution in [0.4, 0.5) is 11.4 Å². The molecule has 0 fully saturated rings. The van der Waals surface area contributed by atoms with E-state index in [-0.39, 0.29) is 17.0 Å². The van der Waals surface area contributed by atoms with Gasteiger partial charge in [-0.25, -0.2) is 13.4 Å². The molecule has 0 aliphatic carbocycles. The fourth-order valence-electron chi connectivity index (χ4n) is 2.33. The Morgan fingerprint density at radius 3 is 2.72 bits per heavy atom. The fraction of sp³-hybridized carbons (Fsp3) is 0.176. The number of sulfonamides is 1. The summed E-state index contributed by atoms with van der Waals surface area (Å²) in [5.74, 6) is 0.0348. The summed E-state index contributed by atoms with van der Waals surface area (Å²) in [7, 11) is -3.48. The van der Waals surface area contributed by atoms with Crippen molar-refractivity contribution in [3.63, 3.8) is 0 Å². The standard InChI is InChI=1S/C17H17N3O4S/c1-3-25(22,23)20-14-7-5-4-6-13(14)17(21)19-12-8-9-15-16(10-12)24-11(2)18-15/h4-10,20H,3H2,1-2H3,(H,19,21). The molecule has 8 heteroatoms. The molecule has 0 saturated carbocycles. The molecule has 1 amide bonds. The molecule has 0 bridgehead atoms. The first kappa shape index (κ1) is 17.0. The molecular formula is C17H17N3O4S. The van der Waals surface area contributed by atoms with Crippen molar-refractivity contribution in [3.8, 4) is 0 Å². The Hall–Kier alpha value is -2.87. The van der Waals surface area contributed by atoms with E-state index in [2.05, 4.69) is 15.0 Å². The van der Waals surface area contributed by atoms with E-state index in [4.69, 9.17) is 4.42 Å². The van der Waals surface area contributed by atoms with Crippen LogP contribution >= 0.6 is 0 Å². The van der Waals surface area contributed by atoms with Gasteiger partial charge in [0, 0.05) is 18.7 Å². The highest BCUT2D eigenvalue weighted by molar-refractivity contribution is 7.92. The Kier molecular flexibility index (Phi) is 4.45. The van der Waals surface area contributed by atoms with Crippen molar-refractivity contribution in [3.05, 3.63) is 53.9 Å². The number of nitrogens with one attached hydrogen (secondary N) is 2. The predicted octanol–water partition coefficient (Wildman–Crippen LogP) is 3.15. The molecule has 130 valence electrons. The van der Waals surface area contributed by atoms with Gasteiger partial charge >= 0.3 is 0 Å². The van der Waals surface area contributed by atoms with Crippen LogP contribution in [0.3, 0.4) is 0 Å². The van der Waals surface area contributed by atoms with E-state index in [0.29, 0.717) is 22.7 Å². The third-order valence-electron chi connectivity index (χ3n) is 3.57. The molecule has 1 aromatic heterocycles. The largest absolute Gasteiger partial charge is 0.441 e. The number of carbonyl (C=O) groups is 1. The molecule has 0 spiro atoms. The Morgan fingerprint density at radius 2 is 1.96 bits per heavy atom. The molecule has 0 unspecified atom stereocenters. The minimum Gasteiger partial charge on any atom is -0.441 e. The minimum atomic E-state index is -3.48. The Bertz CT molecular complexity index is 1040. The SMILES string of the molecule is CCS(=O)(=O)Nc1ccccc1C(=O)Nc1ccc2nc(C)oc2c1. The molecule has 1 heterocycles. The number of oxazole rings is 1. The van der Waals surface area contributed by atoms with Gasteiger partial charge in [-0.3, -0.25) is 9.52 Å². The lowest BCUT2D eigenvalue weighted by molar-refractivity contribution is 0.102. The normalized spacial score (nSPS) is 11.4. The summed E-state index contributed by atoms with van der Waals surface area (Å²) in [6.45, 7) is 3.27. The van der Waals surface area contributed by atoms with Crippen LogP contribution in [-0.4, -0.2) is 25.1 Å². The van der Waals surface area contributed by atoms with Crippen LogP contribution in [0.1, 0.15) is 23.2 Å². The molecule has 0 atom stereocenters. The Morgan fingerprint density at radius 1 is 1.20 bits per heavy atom. The van der Waals surface area contributed by atoms with Crippen molar-refractivity contribution in [2.45, 2.75) is 13.8 Å². The molecule has 0 aliphatic rings. The number of anilines is 2. The smallest absolute Gasteiger partial charge is 0.257 e. The molecule has 2 aromatic carbocycles. The topological polar surface area (TPSA) is 101 Å². The van der Waals surface area contributed by atoms with Crippen LogP contribution < -0.4 is 10.0 Å². The zero-order valence-corrected chi connectivity index (χ0v) is 14.6. The monoisotopic (exact) mass is 359 g/mol. The molecule has 3 aromatic rings. The maximum absolute atomic E-state index is 12.6. The van der Waals surface area contributed by atoms with Crippen LogP contribution in [0.25, 0.3) is 11.1 Å². The highest BCUT2D eigenvalue weighted by atomic mass is 32.2. The van der Waals surface area contributed by atoms with Gasteiger partial charge in [-0.15, -0.1) is 0 Å².